The first-order valence-corrected chi connectivity index (χ1v) is 8.36. The highest BCUT2D eigenvalue weighted by molar-refractivity contribution is 5.98. The molecule has 1 amide bonds. The number of aryl methyl sites for hydroxylation is 1. The summed E-state index contributed by atoms with van der Waals surface area (Å²) in [5, 5.41) is 7.34. The monoisotopic (exact) mass is 336 g/mol. The van der Waals surface area contributed by atoms with Crippen LogP contribution in [0.3, 0.4) is 0 Å². The van der Waals surface area contributed by atoms with E-state index in [0.29, 0.717) is 12.2 Å². The third-order valence-electron chi connectivity index (χ3n) is 4.49. The first-order chi connectivity index (χ1) is 12.2. The largest absolute Gasteiger partial charge is 0.371 e. The molecule has 0 spiro atoms. The van der Waals surface area contributed by atoms with Crippen molar-refractivity contribution in [1.29, 1.82) is 0 Å². The van der Waals surface area contributed by atoms with Gasteiger partial charge in [0.1, 0.15) is 6.10 Å². The number of nitrogens with zero attached hydrogens (tertiary/aromatic N) is 3. The van der Waals surface area contributed by atoms with Gasteiger partial charge in [-0.2, -0.15) is 5.10 Å². The maximum absolute atomic E-state index is 12.9. The van der Waals surface area contributed by atoms with E-state index in [2.05, 4.69) is 10.4 Å². The van der Waals surface area contributed by atoms with Crippen LogP contribution in [0, 0.1) is 0 Å². The first-order valence-electron chi connectivity index (χ1n) is 8.36. The van der Waals surface area contributed by atoms with Gasteiger partial charge in [0.25, 0.3) is 5.91 Å². The maximum atomic E-state index is 12.9. The molecule has 1 N–H and O–H groups in total. The van der Waals surface area contributed by atoms with Gasteiger partial charge in [-0.15, -0.1) is 0 Å². The highest BCUT2D eigenvalue weighted by atomic mass is 16.5. The number of para-hydroxylation sites is 1. The molecule has 6 nitrogen and oxygen atoms in total. The molecule has 4 rings (SSSR count). The van der Waals surface area contributed by atoms with Crippen LogP contribution in [0.15, 0.2) is 61.2 Å². The summed E-state index contributed by atoms with van der Waals surface area (Å²) >= 11 is 0. The fourth-order valence-corrected chi connectivity index (χ4v) is 3.29. The minimum absolute atomic E-state index is 0.0607. The second-order valence-corrected chi connectivity index (χ2v) is 6.21. The van der Waals surface area contributed by atoms with Crippen LogP contribution in [-0.2, 0) is 11.8 Å². The Balaban J connectivity index is 1.56. The van der Waals surface area contributed by atoms with Crippen LogP contribution in [0.25, 0.3) is 5.69 Å². The van der Waals surface area contributed by atoms with Crippen molar-refractivity contribution in [3.8, 4) is 5.69 Å². The maximum Gasteiger partial charge on any atom is 0.253 e. The van der Waals surface area contributed by atoms with E-state index < -0.39 is 0 Å². The number of nitrogens with one attached hydrogen (secondary N) is 1. The topological polar surface area (TPSA) is 61.1 Å². The second-order valence-electron chi connectivity index (χ2n) is 6.21. The molecule has 0 saturated carbocycles. The van der Waals surface area contributed by atoms with Crippen LogP contribution in [0.2, 0.25) is 0 Å². The molecule has 2 aromatic heterocycles. The lowest BCUT2D eigenvalue weighted by molar-refractivity contribution is 0.0821. The molecule has 1 aliphatic rings. The summed E-state index contributed by atoms with van der Waals surface area (Å²) in [7, 11) is 1.87. The van der Waals surface area contributed by atoms with Gasteiger partial charge in [-0.3, -0.25) is 9.48 Å². The third kappa shape index (κ3) is 3.08. The van der Waals surface area contributed by atoms with Crippen LogP contribution < -0.4 is 5.32 Å². The van der Waals surface area contributed by atoms with Gasteiger partial charge in [0.15, 0.2) is 0 Å². The van der Waals surface area contributed by atoms with E-state index in [0.717, 1.165) is 17.7 Å². The minimum Gasteiger partial charge on any atom is -0.371 e. The number of carbonyl (C=O) groups is 1. The van der Waals surface area contributed by atoms with E-state index in [1.807, 2.05) is 66.6 Å². The van der Waals surface area contributed by atoms with Gasteiger partial charge in [-0.05, 0) is 30.7 Å². The zero-order valence-electron chi connectivity index (χ0n) is 14.0. The summed E-state index contributed by atoms with van der Waals surface area (Å²) in [6.07, 6.45) is 8.23. The van der Waals surface area contributed by atoms with Crippen LogP contribution in [0.4, 0.5) is 0 Å². The predicted molar refractivity (Wildman–Crippen MR) is 93.5 cm³/mol. The molecule has 3 aromatic rings. The highest BCUT2D eigenvalue weighted by Gasteiger charge is 2.32. The van der Waals surface area contributed by atoms with Gasteiger partial charge >= 0.3 is 0 Å². The zero-order chi connectivity index (χ0) is 17.2. The van der Waals surface area contributed by atoms with Crippen molar-refractivity contribution in [3.63, 3.8) is 0 Å². The molecule has 6 heteroatoms. The summed E-state index contributed by atoms with van der Waals surface area (Å²) < 4.78 is 9.52. The van der Waals surface area contributed by atoms with Crippen molar-refractivity contribution in [2.24, 2.45) is 7.05 Å². The van der Waals surface area contributed by atoms with Crippen LogP contribution >= 0.6 is 0 Å². The molecule has 1 saturated heterocycles. The van der Waals surface area contributed by atoms with Crippen LogP contribution in [0.1, 0.15) is 28.4 Å². The zero-order valence-corrected chi connectivity index (χ0v) is 14.0. The number of rotatable bonds is 4. The molecule has 2 atom stereocenters. The first kappa shape index (κ1) is 15.7. The average Bonchev–Trinajstić information content (AvgIpc) is 3.36. The van der Waals surface area contributed by atoms with E-state index >= 15 is 0 Å². The third-order valence-corrected chi connectivity index (χ3v) is 4.49. The van der Waals surface area contributed by atoms with Gasteiger partial charge in [0.2, 0.25) is 0 Å². The molecule has 0 bridgehead atoms. The van der Waals surface area contributed by atoms with Gasteiger partial charge in [0.05, 0.1) is 23.5 Å². The van der Waals surface area contributed by atoms with Crippen molar-refractivity contribution >= 4 is 5.91 Å². The number of carbonyl (C=O) groups excluding carboxylic acids is 1. The van der Waals surface area contributed by atoms with E-state index in [1.165, 1.54) is 0 Å². The lowest BCUT2D eigenvalue weighted by atomic mass is 10.0. The van der Waals surface area contributed by atoms with E-state index in [1.54, 1.807) is 10.9 Å². The summed E-state index contributed by atoms with van der Waals surface area (Å²) in [6, 6.07) is 11.4. The van der Waals surface area contributed by atoms with Crippen molar-refractivity contribution in [2.45, 2.75) is 18.6 Å². The molecule has 0 radical (unpaired) electrons. The molecule has 0 aliphatic carbocycles. The van der Waals surface area contributed by atoms with Gasteiger partial charge < -0.3 is 14.6 Å². The van der Waals surface area contributed by atoms with Crippen molar-refractivity contribution < 1.29 is 9.53 Å². The van der Waals surface area contributed by atoms with Gasteiger partial charge in [0, 0.05) is 37.8 Å². The molecular formula is C19H20N4O2. The Kier molecular flexibility index (Phi) is 4.11. The summed E-state index contributed by atoms with van der Waals surface area (Å²) in [5.41, 5.74) is 2.50. The smallest absolute Gasteiger partial charge is 0.253 e. The molecule has 1 fully saturated rings. The summed E-state index contributed by atoms with van der Waals surface area (Å²) in [4.78, 5) is 12.9. The minimum atomic E-state index is -0.156. The fourth-order valence-electron chi connectivity index (χ4n) is 3.29. The lowest BCUT2D eigenvalue weighted by Gasteiger charge is -2.20. The van der Waals surface area contributed by atoms with Crippen LogP contribution in [0.5, 0.6) is 0 Å². The molecule has 0 unspecified atom stereocenters. The predicted octanol–water partition coefficient (Wildman–Crippen LogP) is 2.47. The quantitative estimate of drug-likeness (QED) is 0.796. The Morgan fingerprint density at radius 1 is 1.24 bits per heavy atom. The molecule has 3 heterocycles. The Morgan fingerprint density at radius 2 is 2.04 bits per heavy atom. The summed E-state index contributed by atoms with van der Waals surface area (Å²) in [5.74, 6) is -0.0892. The number of ether oxygens (including phenoxy) is 1. The average molecular weight is 336 g/mol. The molecule has 1 aliphatic heterocycles. The number of amides is 1. The van der Waals surface area contributed by atoms with Crippen molar-refractivity contribution in [1.82, 2.24) is 19.7 Å². The molecule has 1 aromatic carbocycles. The molecule has 128 valence electrons. The fraction of sp³-hybridized carbons (Fsp3) is 0.263. The van der Waals surface area contributed by atoms with Crippen LogP contribution in [-0.4, -0.2) is 32.9 Å². The Bertz CT molecular complexity index is 869. The number of hydrogen-bond donors (Lipinski definition) is 1. The second kappa shape index (κ2) is 6.57. The normalized spacial score (nSPS) is 19.9. The van der Waals surface area contributed by atoms with Gasteiger partial charge in [-0.1, -0.05) is 12.1 Å². The van der Waals surface area contributed by atoms with E-state index in [9.17, 15) is 4.79 Å². The number of hydrogen-bond acceptors (Lipinski definition) is 3. The van der Waals surface area contributed by atoms with E-state index in [-0.39, 0.29) is 18.1 Å². The van der Waals surface area contributed by atoms with Gasteiger partial charge in [-0.25, -0.2) is 0 Å². The Morgan fingerprint density at radius 3 is 2.80 bits per heavy atom. The lowest BCUT2D eigenvalue weighted by Crippen LogP contribution is -2.37. The Labute approximate surface area is 146 Å². The Hall–Kier alpha value is -2.86. The number of benzene rings is 1. The summed E-state index contributed by atoms with van der Waals surface area (Å²) in [6.45, 7) is 0.629. The SMILES string of the molecule is Cn1cc([C@@H]2OCC[C@H]2NC(=O)c2ccccc2-n2cccc2)cn1. The standard InChI is InChI=1S/C19H20N4O2/c1-22-13-14(12-20-22)18-16(8-11-25-18)21-19(24)15-6-2-3-7-17(15)23-9-4-5-10-23/h2-7,9-10,12-13,16,18H,8,11H2,1H3,(H,21,24)/t16-,18+/m1/s1. The van der Waals surface area contributed by atoms with E-state index in [4.69, 9.17) is 4.74 Å². The highest BCUT2D eigenvalue weighted by Crippen LogP contribution is 2.29. The molecular weight excluding hydrogens is 316 g/mol. The van der Waals surface area contributed by atoms with Crippen molar-refractivity contribution in [2.75, 3.05) is 6.61 Å². The number of aromatic nitrogens is 3. The van der Waals surface area contributed by atoms with Crippen molar-refractivity contribution in [3.05, 3.63) is 72.3 Å². The molecule has 25 heavy (non-hydrogen) atoms.